The second-order valence-electron chi connectivity index (χ2n) is 7.70. The van der Waals surface area contributed by atoms with E-state index in [0.29, 0.717) is 32.1 Å². The van der Waals surface area contributed by atoms with Crippen molar-refractivity contribution in [3.8, 4) is 5.75 Å². The molecule has 1 saturated carbocycles. The molecule has 26 heavy (non-hydrogen) atoms. The summed E-state index contributed by atoms with van der Waals surface area (Å²) in [6.45, 7) is 6.85. The summed E-state index contributed by atoms with van der Waals surface area (Å²) in [5.74, 6) is 1.70. The minimum absolute atomic E-state index is 0.00842. The minimum atomic E-state index is -0.00842. The van der Waals surface area contributed by atoms with E-state index in [9.17, 15) is 9.59 Å². The molecule has 0 atom stereocenters. The lowest BCUT2D eigenvalue weighted by Crippen LogP contribution is -2.52. The van der Waals surface area contributed by atoms with Crippen LogP contribution in [0, 0.1) is 5.92 Å². The molecule has 1 saturated heterocycles. The van der Waals surface area contributed by atoms with Gasteiger partial charge in [0.05, 0.1) is 0 Å². The summed E-state index contributed by atoms with van der Waals surface area (Å²) in [7, 11) is 0. The van der Waals surface area contributed by atoms with E-state index < -0.39 is 0 Å². The number of piperazine rings is 1. The van der Waals surface area contributed by atoms with Gasteiger partial charge in [0.1, 0.15) is 5.75 Å². The molecule has 3 rings (SSSR count). The molecule has 1 aromatic carbocycles. The zero-order valence-corrected chi connectivity index (χ0v) is 15.9. The van der Waals surface area contributed by atoms with Crippen molar-refractivity contribution >= 4 is 11.8 Å². The van der Waals surface area contributed by atoms with Crippen LogP contribution in [0.15, 0.2) is 24.3 Å². The highest BCUT2D eigenvalue weighted by Crippen LogP contribution is 2.27. The third-order valence-electron chi connectivity index (χ3n) is 5.56. The van der Waals surface area contributed by atoms with E-state index in [1.165, 1.54) is 18.4 Å². The molecule has 0 spiro atoms. The van der Waals surface area contributed by atoms with E-state index in [1.807, 2.05) is 29.2 Å². The first kappa shape index (κ1) is 18.7. The molecule has 5 nitrogen and oxygen atoms in total. The summed E-state index contributed by atoms with van der Waals surface area (Å²) in [6, 6.07) is 7.91. The molecule has 0 radical (unpaired) electrons. The Labute approximate surface area is 156 Å². The first-order valence-electron chi connectivity index (χ1n) is 9.84. The molecule has 0 aromatic heterocycles. The molecular weight excluding hydrogens is 328 g/mol. The molecule has 0 bridgehead atoms. The van der Waals surface area contributed by atoms with E-state index >= 15 is 0 Å². The molecule has 2 amide bonds. The quantitative estimate of drug-likeness (QED) is 0.813. The predicted molar refractivity (Wildman–Crippen MR) is 101 cm³/mol. The largest absolute Gasteiger partial charge is 0.484 e. The first-order chi connectivity index (χ1) is 12.5. The van der Waals surface area contributed by atoms with Crippen molar-refractivity contribution in [2.24, 2.45) is 5.92 Å². The molecule has 2 aliphatic rings. The van der Waals surface area contributed by atoms with Gasteiger partial charge in [-0.15, -0.1) is 0 Å². The van der Waals surface area contributed by atoms with Crippen LogP contribution in [-0.2, 0) is 9.59 Å². The highest BCUT2D eigenvalue weighted by atomic mass is 16.5. The Morgan fingerprint density at radius 1 is 1.00 bits per heavy atom. The number of rotatable bonds is 5. The van der Waals surface area contributed by atoms with Crippen LogP contribution in [-0.4, -0.2) is 54.4 Å². The second kappa shape index (κ2) is 8.56. The lowest BCUT2D eigenvalue weighted by atomic mass is 10.0. The summed E-state index contributed by atoms with van der Waals surface area (Å²) < 4.78 is 5.64. The Kier molecular flexibility index (Phi) is 6.17. The Balaban J connectivity index is 1.42. The number of carbonyl (C=O) groups excluding carboxylic acids is 2. The highest BCUT2D eigenvalue weighted by molar-refractivity contribution is 5.80. The maximum Gasteiger partial charge on any atom is 0.260 e. The summed E-state index contributed by atoms with van der Waals surface area (Å²) in [5, 5.41) is 0. The summed E-state index contributed by atoms with van der Waals surface area (Å²) >= 11 is 0. The lowest BCUT2D eigenvalue weighted by molar-refractivity contribution is -0.142. The molecule has 0 unspecified atom stereocenters. The van der Waals surface area contributed by atoms with Gasteiger partial charge >= 0.3 is 0 Å². The van der Waals surface area contributed by atoms with Crippen LogP contribution in [0.5, 0.6) is 5.75 Å². The van der Waals surface area contributed by atoms with E-state index in [0.717, 1.165) is 18.6 Å². The minimum Gasteiger partial charge on any atom is -0.484 e. The zero-order valence-electron chi connectivity index (χ0n) is 15.9. The summed E-state index contributed by atoms with van der Waals surface area (Å²) in [6.07, 6.45) is 4.40. The molecule has 1 aliphatic carbocycles. The van der Waals surface area contributed by atoms with Crippen molar-refractivity contribution in [2.45, 2.75) is 45.4 Å². The standard InChI is InChI=1S/C21H30N2O3/c1-16(2)17-7-9-19(10-8-17)26-15-20(24)22-11-13-23(14-12-22)21(25)18-5-3-4-6-18/h7-10,16,18H,3-6,11-15H2,1-2H3. The van der Waals surface area contributed by atoms with Gasteiger partial charge in [-0.1, -0.05) is 38.8 Å². The third kappa shape index (κ3) is 4.57. The van der Waals surface area contributed by atoms with Crippen molar-refractivity contribution in [3.05, 3.63) is 29.8 Å². The van der Waals surface area contributed by atoms with Gasteiger partial charge in [-0.25, -0.2) is 0 Å². The van der Waals surface area contributed by atoms with Crippen LogP contribution in [0.1, 0.15) is 51.0 Å². The van der Waals surface area contributed by atoms with Gasteiger partial charge in [0.15, 0.2) is 6.61 Å². The van der Waals surface area contributed by atoms with Crippen molar-refractivity contribution in [1.29, 1.82) is 0 Å². The molecule has 5 heteroatoms. The van der Waals surface area contributed by atoms with E-state index in [2.05, 4.69) is 13.8 Å². The van der Waals surface area contributed by atoms with Crippen molar-refractivity contribution in [2.75, 3.05) is 32.8 Å². The van der Waals surface area contributed by atoms with Crippen molar-refractivity contribution in [3.63, 3.8) is 0 Å². The number of nitrogens with zero attached hydrogens (tertiary/aromatic N) is 2. The average molecular weight is 358 g/mol. The maximum absolute atomic E-state index is 12.5. The van der Waals surface area contributed by atoms with Gasteiger partial charge in [-0.05, 0) is 36.5 Å². The van der Waals surface area contributed by atoms with Crippen LogP contribution < -0.4 is 4.74 Å². The van der Waals surface area contributed by atoms with Crippen LogP contribution in [0.3, 0.4) is 0 Å². The fourth-order valence-electron chi connectivity index (χ4n) is 3.79. The number of carbonyl (C=O) groups is 2. The van der Waals surface area contributed by atoms with Crippen LogP contribution in [0.4, 0.5) is 0 Å². The van der Waals surface area contributed by atoms with Crippen LogP contribution in [0.2, 0.25) is 0 Å². The molecular formula is C21H30N2O3. The Morgan fingerprint density at radius 2 is 1.58 bits per heavy atom. The second-order valence-corrected chi connectivity index (χ2v) is 7.70. The maximum atomic E-state index is 12.5. The molecule has 1 aromatic rings. The van der Waals surface area contributed by atoms with Crippen LogP contribution >= 0.6 is 0 Å². The van der Waals surface area contributed by atoms with Crippen molar-refractivity contribution in [1.82, 2.24) is 9.80 Å². The predicted octanol–water partition coefficient (Wildman–Crippen LogP) is 3.05. The summed E-state index contributed by atoms with van der Waals surface area (Å²) in [4.78, 5) is 28.6. The Bertz CT molecular complexity index is 613. The zero-order chi connectivity index (χ0) is 18.5. The monoisotopic (exact) mass is 358 g/mol. The number of amides is 2. The molecule has 2 fully saturated rings. The number of hydrogen-bond donors (Lipinski definition) is 0. The average Bonchev–Trinajstić information content (AvgIpc) is 3.20. The molecule has 1 heterocycles. The van der Waals surface area contributed by atoms with Gasteiger partial charge in [0.25, 0.3) is 5.91 Å². The fourth-order valence-corrected chi connectivity index (χ4v) is 3.79. The topological polar surface area (TPSA) is 49.9 Å². The number of hydrogen-bond acceptors (Lipinski definition) is 3. The normalized spacial score (nSPS) is 18.4. The number of benzene rings is 1. The molecule has 142 valence electrons. The van der Waals surface area contributed by atoms with Gasteiger partial charge < -0.3 is 14.5 Å². The molecule has 0 N–H and O–H groups in total. The Hall–Kier alpha value is -2.04. The summed E-state index contributed by atoms with van der Waals surface area (Å²) in [5.41, 5.74) is 1.26. The number of ether oxygens (including phenoxy) is 1. The third-order valence-corrected chi connectivity index (χ3v) is 5.56. The van der Waals surface area contributed by atoms with E-state index in [1.54, 1.807) is 4.90 Å². The first-order valence-corrected chi connectivity index (χ1v) is 9.84. The highest BCUT2D eigenvalue weighted by Gasteiger charge is 2.30. The van der Waals surface area contributed by atoms with Gasteiger partial charge in [-0.3, -0.25) is 9.59 Å². The fraction of sp³-hybridized carbons (Fsp3) is 0.619. The van der Waals surface area contributed by atoms with Gasteiger partial charge in [-0.2, -0.15) is 0 Å². The van der Waals surface area contributed by atoms with Crippen LogP contribution in [0.25, 0.3) is 0 Å². The SMILES string of the molecule is CC(C)c1ccc(OCC(=O)N2CCN(C(=O)C3CCCC3)CC2)cc1. The van der Waals surface area contributed by atoms with E-state index in [-0.39, 0.29) is 24.3 Å². The van der Waals surface area contributed by atoms with Crippen molar-refractivity contribution < 1.29 is 14.3 Å². The van der Waals surface area contributed by atoms with E-state index in [4.69, 9.17) is 4.74 Å². The smallest absolute Gasteiger partial charge is 0.260 e. The van der Waals surface area contributed by atoms with Gasteiger partial charge in [0.2, 0.25) is 5.91 Å². The lowest BCUT2D eigenvalue weighted by Gasteiger charge is -2.36. The Morgan fingerprint density at radius 3 is 2.15 bits per heavy atom. The van der Waals surface area contributed by atoms with Gasteiger partial charge in [0, 0.05) is 32.1 Å². The molecule has 1 aliphatic heterocycles.